The van der Waals surface area contributed by atoms with Crippen LogP contribution in [-0.4, -0.2) is 26.0 Å². The summed E-state index contributed by atoms with van der Waals surface area (Å²) >= 11 is 5.63. The number of nitrogens with zero attached hydrogens (tertiary/aromatic N) is 3. The van der Waals surface area contributed by atoms with Crippen LogP contribution in [0.5, 0.6) is 11.6 Å². The molecular weight excluding hydrogens is 246 g/mol. The Morgan fingerprint density at radius 3 is 2.82 bits per heavy atom. The number of halogens is 1. The molecule has 17 heavy (non-hydrogen) atoms. The summed E-state index contributed by atoms with van der Waals surface area (Å²) in [5, 5.41) is 9.08. The number of ether oxygens (including phenoxy) is 1. The van der Waals surface area contributed by atoms with Gasteiger partial charge < -0.3 is 9.84 Å². The Morgan fingerprint density at radius 1 is 1.29 bits per heavy atom. The Morgan fingerprint density at radius 2 is 2.12 bits per heavy atom. The lowest BCUT2D eigenvalue weighted by molar-refractivity contribution is 0.0694. The quantitative estimate of drug-likeness (QED) is 0.898. The molecule has 2 aromatic heterocycles. The number of carboxylic acids is 1. The third-order valence-corrected chi connectivity index (χ3v) is 1.99. The molecule has 0 aromatic carbocycles. The first-order valence-corrected chi connectivity index (χ1v) is 4.87. The molecule has 0 atom stereocenters. The molecule has 86 valence electrons. The van der Waals surface area contributed by atoms with Crippen LogP contribution in [0.3, 0.4) is 0 Å². The first-order chi connectivity index (χ1) is 8.16. The highest BCUT2D eigenvalue weighted by Gasteiger charge is 2.12. The summed E-state index contributed by atoms with van der Waals surface area (Å²) in [5.74, 6) is -0.929. The molecule has 0 bridgehead atoms. The minimum atomic E-state index is -1.11. The molecule has 1 N–H and O–H groups in total. The maximum Gasteiger partial charge on any atom is 0.339 e. The summed E-state index contributed by atoms with van der Waals surface area (Å²) in [6.07, 6.45) is 5.31. The van der Waals surface area contributed by atoms with Crippen LogP contribution in [0.25, 0.3) is 0 Å². The van der Waals surface area contributed by atoms with E-state index in [9.17, 15) is 4.79 Å². The average Bonchev–Trinajstić information content (AvgIpc) is 2.29. The molecule has 0 spiro atoms. The Kier molecular flexibility index (Phi) is 3.15. The van der Waals surface area contributed by atoms with Crippen LogP contribution in [0.1, 0.15) is 10.4 Å². The third-order valence-electron chi connectivity index (χ3n) is 1.81. The van der Waals surface area contributed by atoms with Crippen molar-refractivity contribution in [3.8, 4) is 11.6 Å². The fraction of sp³-hybridized carbons (Fsp3) is 0. The van der Waals surface area contributed by atoms with Crippen molar-refractivity contribution in [2.45, 2.75) is 0 Å². The van der Waals surface area contributed by atoms with Crippen molar-refractivity contribution >= 4 is 17.6 Å². The highest BCUT2D eigenvalue weighted by atomic mass is 35.5. The summed E-state index contributed by atoms with van der Waals surface area (Å²) < 4.78 is 5.25. The van der Waals surface area contributed by atoms with Crippen molar-refractivity contribution in [1.29, 1.82) is 0 Å². The summed E-state index contributed by atoms with van der Waals surface area (Å²) in [6, 6.07) is 1.33. The monoisotopic (exact) mass is 251 g/mol. The van der Waals surface area contributed by atoms with E-state index in [1.165, 1.54) is 30.9 Å². The van der Waals surface area contributed by atoms with Crippen LogP contribution in [0.15, 0.2) is 30.9 Å². The molecule has 0 unspecified atom stereocenters. The second-order valence-corrected chi connectivity index (χ2v) is 3.35. The average molecular weight is 252 g/mol. The van der Waals surface area contributed by atoms with Gasteiger partial charge in [0.15, 0.2) is 10.9 Å². The van der Waals surface area contributed by atoms with Gasteiger partial charge >= 0.3 is 5.97 Å². The Hall–Kier alpha value is -2.21. The Labute approximate surface area is 101 Å². The lowest BCUT2D eigenvalue weighted by Crippen LogP contribution is -2.01. The minimum absolute atomic E-state index is 0.0122. The maximum atomic E-state index is 10.9. The van der Waals surface area contributed by atoms with E-state index in [1.54, 1.807) is 0 Å². The molecule has 0 aliphatic rings. The minimum Gasteiger partial charge on any atom is -0.478 e. The first kappa shape index (κ1) is 11.3. The number of aromatic carboxylic acids is 1. The van der Waals surface area contributed by atoms with Crippen molar-refractivity contribution in [3.63, 3.8) is 0 Å². The summed E-state index contributed by atoms with van der Waals surface area (Å²) in [6.45, 7) is 0. The van der Waals surface area contributed by atoms with Gasteiger partial charge in [-0.2, -0.15) is 4.98 Å². The molecule has 0 amide bonds. The molecule has 2 aromatic rings. The van der Waals surface area contributed by atoms with Gasteiger partial charge in [0.25, 0.3) is 0 Å². The van der Waals surface area contributed by atoms with Crippen molar-refractivity contribution < 1.29 is 14.6 Å². The molecule has 0 saturated heterocycles. The fourth-order valence-electron chi connectivity index (χ4n) is 1.13. The van der Waals surface area contributed by atoms with Crippen LogP contribution in [0.4, 0.5) is 0 Å². The van der Waals surface area contributed by atoms with Crippen molar-refractivity contribution in [2.75, 3.05) is 0 Å². The number of hydrogen-bond acceptors (Lipinski definition) is 5. The highest BCUT2D eigenvalue weighted by Crippen LogP contribution is 2.22. The third kappa shape index (κ3) is 2.67. The summed E-state index contributed by atoms with van der Waals surface area (Å²) in [7, 11) is 0. The smallest absolute Gasteiger partial charge is 0.339 e. The largest absolute Gasteiger partial charge is 0.478 e. The van der Waals surface area contributed by atoms with E-state index in [0.29, 0.717) is 0 Å². The molecule has 0 aliphatic carbocycles. The Bertz CT molecular complexity index is 562. The maximum absolute atomic E-state index is 10.9. The lowest BCUT2D eigenvalue weighted by Gasteiger charge is -2.06. The standard InChI is InChI=1S/C10H6ClN3O3/c11-8-4-13-5-9(14-8)17-7-3-12-2-1-6(7)10(15)16/h1-5H,(H,15,16). The second-order valence-electron chi connectivity index (χ2n) is 2.96. The van der Waals surface area contributed by atoms with Gasteiger partial charge in [0, 0.05) is 6.20 Å². The SMILES string of the molecule is O=C(O)c1ccncc1Oc1cncc(Cl)n1. The molecule has 6 nitrogen and oxygen atoms in total. The number of rotatable bonds is 3. The van der Waals surface area contributed by atoms with E-state index < -0.39 is 5.97 Å². The predicted octanol–water partition coefficient (Wildman–Crippen LogP) is 2.02. The van der Waals surface area contributed by atoms with Gasteiger partial charge in [-0.25, -0.2) is 4.79 Å². The number of aromatic nitrogens is 3. The molecule has 0 saturated carbocycles. The second kappa shape index (κ2) is 4.75. The zero-order chi connectivity index (χ0) is 12.3. The van der Waals surface area contributed by atoms with E-state index in [-0.39, 0.29) is 22.3 Å². The van der Waals surface area contributed by atoms with E-state index >= 15 is 0 Å². The number of carbonyl (C=O) groups is 1. The molecule has 0 aliphatic heterocycles. The van der Waals surface area contributed by atoms with Gasteiger partial charge in [-0.3, -0.25) is 9.97 Å². The first-order valence-electron chi connectivity index (χ1n) is 4.49. The predicted molar refractivity (Wildman–Crippen MR) is 58.3 cm³/mol. The lowest BCUT2D eigenvalue weighted by atomic mass is 10.2. The van der Waals surface area contributed by atoms with Gasteiger partial charge in [0.2, 0.25) is 5.88 Å². The zero-order valence-corrected chi connectivity index (χ0v) is 9.13. The van der Waals surface area contributed by atoms with Gasteiger partial charge in [-0.1, -0.05) is 11.6 Å². The van der Waals surface area contributed by atoms with Crippen LogP contribution in [-0.2, 0) is 0 Å². The highest BCUT2D eigenvalue weighted by molar-refractivity contribution is 6.29. The van der Waals surface area contributed by atoms with Gasteiger partial charge in [-0.15, -0.1) is 0 Å². The van der Waals surface area contributed by atoms with E-state index in [1.807, 2.05) is 0 Å². The van der Waals surface area contributed by atoms with Crippen LogP contribution < -0.4 is 4.74 Å². The summed E-state index contributed by atoms with van der Waals surface area (Å²) in [4.78, 5) is 22.3. The zero-order valence-electron chi connectivity index (χ0n) is 8.37. The van der Waals surface area contributed by atoms with E-state index in [2.05, 4.69) is 15.0 Å². The number of hydrogen-bond donors (Lipinski definition) is 1. The van der Waals surface area contributed by atoms with Gasteiger partial charge in [0.1, 0.15) is 5.56 Å². The topological polar surface area (TPSA) is 85.2 Å². The van der Waals surface area contributed by atoms with Crippen molar-refractivity contribution in [1.82, 2.24) is 15.0 Å². The normalized spacial score (nSPS) is 9.94. The summed E-state index contributed by atoms with van der Waals surface area (Å²) in [5.41, 5.74) is -0.0122. The molecular formula is C10H6ClN3O3. The van der Waals surface area contributed by atoms with Gasteiger partial charge in [0.05, 0.1) is 18.6 Å². The van der Waals surface area contributed by atoms with Crippen LogP contribution in [0.2, 0.25) is 5.15 Å². The van der Waals surface area contributed by atoms with Crippen LogP contribution in [0, 0.1) is 0 Å². The van der Waals surface area contributed by atoms with Crippen molar-refractivity contribution in [2.24, 2.45) is 0 Å². The fourth-order valence-corrected chi connectivity index (χ4v) is 1.26. The molecule has 2 rings (SSSR count). The van der Waals surface area contributed by atoms with Crippen LogP contribution >= 0.6 is 11.6 Å². The Balaban J connectivity index is 2.33. The van der Waals surface area contributed by atoms with Gasteiger partial charge in [-0.05, 0) is 6.07 Å². The van der Waals surface area contributed by atoms with E-state index in [4.69, 9.17) is 21.4 Å². The molecule has 0 radical (unpaired) electrons. The number of carboxylic acid groups (broad SMARTS) is 1. The van der Waals surface area contributed by atoms with Crippen molar-refractivity contribution in [3.05, 3.63) is 41.6 Å². The molecule has 0 fully saturated rings. The molecule has 2 heterocycles. The molecule has 7 heteroatoms. The number of pyridine rings is 1. The van der Waals surface area contributed by atoms with E-state index in [0.717, 1.165) is 0 Å².